The van der Waals surface area contributed by atoms with Crippen LogP contribution in [-0.2, 0) is 10.0 Å². The lowest BCUT2D eigenvalue weighted by molar-refractivity contribution is 0.0952. The van der Waals surface area contributed by atoms with Crippen molar-refractivity contribution in [3.8, 4) is 0 Å². The average Bonchev–Trinajstić information content (AvgIpc) is 2.56. The van der Waals surface area contributed by atoms with Gasteiger partial charge >= 0.3 is 0 Å². The van der Waals surface area contributed by atoms with E-state index in [1.807, 2.05) is 0 Å². The Morgan fingerprint density at radius 1 is 1.08 bits per heavy atom. The first kappa shape index (κ1) is 20.6. The molecule has 140 valence electrons. The van der Waals surface area contributed by atoms with Crippen LogP contribution < -0.4 is 10.0 Å². The van der Waals surface area contributed by atoms with Crippen molar-refractivity contribution < 1.29 is 13.2 Å². The van der Waals surface area contributed by atoms with Crippen molar-refractivity contribution in [3.05, 3.63) is 58.1 Å². The van der Waals surface area contributed by atoms with Gasteiger partial charge in [0, 0.05) is 17.3 Å². The summed E-state index contributed by atoms with van der Waals surface area (Å²) in [5.74, 6) is 0.117. The van der Waals surface area contributed by atoms with Gasteiger partial charge in [0.2, 0.25) is 0 Å². The molecular formula is C18H20Cl2N2O3S. The first-order chi connectivity index (χ1) is 12.2. The summed E-state index contributed by atoms with van der Waals surface area (Å²) in [5.41, 5.74) is 0.463. The van der Waals surface area contributed by atoms with Crippen LogP contribution in [0.4, 0.5) is 5.69 Å². The normalized spacial score (nSPS) is 11.4. The molecule has 0 aliphatic carbocycles. The molecule has 2 rings (SSSR count). The maximum absolute atomic E-state index is 12.4. The number of anilines is 1. The van der Waals surface area contributed by atoms with Gasteiger partial charge in [0.05, 0.1) is 15.5 Å². The molecule has 5 nitrogen and oxygen atoms in total. The summed E-state index contributed by atoms with van der Waals surface area (Å²) in [6.07, 6.45) is 0.840. The van der Waals surface area contributed by atoms with Crippen LogP contribution in [0.5, 0.6) is 0 Å². The summed E-state index contributed by atoms with van der Waals surface area (Å²) < 4.78 is 27.3. The minimum Gasteiger partial charge on any atom is -0.352 e. The fourth-order valence-corrected chi connectivity index (χ4v) is 3.54. The van der Waals surface area contributed by atoms with E-state index in [9.17, 15) is 13.2 Å². The van der Waals surface area contributed by atoms with Gasteiger partial charge in [-0.3, -0.25) is 9.52 Å². The Labute approximate surface area is 163 Å². The zero-order valence-corrected chi connectivity index (χ0v) is 16.8. The van der Waals surface area contributed by atoms with E-state index in [1.54, 1.807) is 0 Å². The number of amides is 1. The van der Waals surface area contributed by atoms with Gasteiger partial charge in [0.1, 0.15) is 0 Å². The van der Waals surface area contributed by atoms with E-state index >= 15 is 0 Å². The molecule has 0 saturated heterocycles. The highest BCUT2D eigenvalue weighted by Crippen LogP contribution is 2.23. The van der Waals surface area contributed by atoms with E-state index in [2.05, 4.69) is 23.9 Å². The number of halogens is 2. The van der Waals surface area contributed by atoms with Crippen molar-refractivity contribution in [2.24, 2.45) is 5.92 Å². The summed E-state index contributed by atoms with van der Waals surface area (Å²) in [4.78, 5) is 12.4. The molecule has 0 radical (unpaired) electrons. The zero-order valence-electron chi connectivity index (χ0n) is 14.4. The molecule has 0 saturated carbocycles. The minimum atomic E-state index is -3.80. The standard InChI is InChI=1S/C18H20Cl2N2O3S/c1-12(2)9-10-21-18(23)16-11-14(5-8-17(16)20)22-26(24,25)15-6-3-13(19)4-7-15/h3-8,11-12,22H,9-10H2,1-2H3,(H,21,23). The Bertz CT molecular complexity index is 882. The predicted molar refractivity (Wildman–Crippen MR) is 106 cm³/mol. The van der Waals surface area contributed by atoms with Crippen molar-refractivity contribution in [2.75, 3.05) is 11.3 Å². The molecule has 26 heavy (non-hydrogen) atoms. The Morgan fingerprint density at radius 2 is 1.73 bits per heavy atom. The Balaban J connectivity index is 2.18. The molecule has 0 unspecified atom stereocenters. The van der Waals surface area contributed by atoms with E-state index in [0.29, 0.717) is 17.5 Å². The number of nitrogens with one attached hydrogen (secondary N) is 2. The van der Waals surface area contributed by atoms with E-state index in [4.69, 9.17) is 23.2 Å². The van der Waals surface area contributed by atoms with Gasteiger partial charge in [0.15, 0.2) is 0 Å². The quantitative estimate of drug-likeness (QED) is 0.696. The molecule has 0 aliphatic rings. The van der Waals surface area contributed by atoms with Gasteiger partial charge < -0.3 is 5.32 Å². The fraction of sp³-hybridized carbons (Fsp3) is 0.278. The summed E-state index contributed by atoms with van der Waals surface area (Å²) in [6, 6.07) is 10.2. The van der Waals surface area contributed by atoms with Gasteiger partial charge in [-0.05, 0) is 54.8 Å². The van der Waals surface area contributed by atoms with Crippen molar-refractivity contribution in [1.82, 2.24) is 5.32 Å². The second-order valence-corrected chi connectivity index (χ2v) is 8.72. The molecule has 1 amide bonds. The summed E-state index contributed by atoms with van der Waals surface area (Å²) in [5, 5.41) is 3.48. The molecular weight excluding hydrogens is 395 g/mol. The van der Waals surface area contributed by atoms with Crippen molar-refractivity contribution in [2.45, 2.75) is 25.2 Å². The predicted octanol–water partition coefficient (Wildman–Crippen LogP) is 4.57. The Hall–Kier alpha value is -1.76. The van der Waals surface area contributed by atoms with Crippen LogP contribution >= 0.6 is 23.2 Å². The maximum atomic E-state index is 12.4. The van der Waals surface area contributed by atoms with Crippen LogP contribution in [0.2, 0.25) is 10.0 Å². The molecule has 0 atom stereocenters. The molecule has 2 aromatic carbocycles. The SMILES string of the molecule is CC(C)CCNC(=O)c1cc(NS(=O)(=O)c2ccc(Cl)cc2)ccc1Cl. The highest BCUT2D eigenvalue weighted by atomic mass is 35.5. The fourth-order valence-electron chi connectivity index (χ4n) is 2.16. The number of rotatable bonds is 7. The zero-order chi connectivity index (χ0) is 19.3. The van der Waals surface area contributed by atoms with Crippen LogP contribution in [0.3, 0.4) is 0 Å². The molecule has 0 aliphatic heterocycles. The van der Waals surface area contributed by atoms with Crippen molar-refractivity contribution >= 4 is 44.8 Å². The minimum absolute atomic E-state index is 0.0692. The first-order valence-electron chi connectivity index (χ1n) is 8.05. The van der Waals surface area contributed by atoms with Crippen LogP contribution in [-0.4, -0.2) is 20.9 Å². The van der Waals surface area contributed by atoms with Gasteiger partial charge in [-0.1, -0.05) is 37.0 Å². The van der Waals surface area contributed by atoms with Gasteiger partial charge in [0.25, 0.3) is 15.9 Å². The third-order valence-electron chi connectivity index (χ3n) is 3.59. The monoisotopic (exact) mass is 414 g/mol. The molecule has 0 spiro atoms. The number of hydrogen-bond donors (Lipinski definition) is 2. The molecule has 0 aromatic heterocycles. The third kappa shape index (κ3) is 5.62. The molecule has 8 heteroatoms. The highest BCUT2D eigenvalue weighted by molar-refractivity contribution is 7.92. The number of carbonyl (C=O) groups excluding carboxylic acids is 1. The van der Waals surface area contributed by atoms with Gasteiger partial charge in [-0.15, -0.1) is 0 Å². The number of hydrogen-bond acceptors (Lipinski definition) is 3. The second kappa shape index (κ2) is 8.75. The van der Waals surface area contributed by atoms with Crippen molar-refractivity contribution in [3.63, 3.8) is 0 Å². The lowest BCUT2D eigenvalue weighted by atomic mass is 10.1. The highest BCUT2D eigenvalue weighted by Gasteiger charge is 2.17. The summed E-state index contributed by atoms with van der Waals surface area (Å²) in [7, 11) is -3.80. The van der Waals surface area contributed by atoms with Crippen LogP contribution in [0, 0.1) is 5.92 Å². The smallest absolute Gasteiger partial charge is 0.261 e. The number of carbonyl (C=O) groups is 1. The van der Waals surface area contributed by atoms with Crippen molar-refractivity contribution in [1.29, 1.82) is 0 Å². The molecule has 0 bridgehead atoms. The third-order valence-corrected chi connectivity index (χ3v) is 5.57. The van der Waals surface area contributed by atoms with E-state index in [1.165, 1.54) is 42.5 Å². The molecule has 2 aromatic rings. The Kier molecular flexibility index (Phi) is 6.92. The van der Waals surface area contributed by atoms with Gasteiger partial charge in [-0.2, -0.15) is 0 Å². The maximum Gasteiger partial charge on any atom is 0.261 e. The summed E-state index contributed by atoms with van der Waals surface area (Å²) >= 11 is 11.9. The van der Waals surface area contributed by atoms with Crippen LogP contribution in [0.25, 0.3) is 0 Å². The number of benzene rings is 2. The van der Waals surface area contributed by atoms with E-state index in [0.717, 1.165) is 6.42 Å². The average molecular weight is 415 g/mol. The lowest BCUT2D eigenvalue weighted by Gasteiger charge is -2.12. The molecule has 0 heterocycles. The molecule has 2 N–H and O–H groups in total. The van der Waals surface area contributed by atoms with Crippen LogP contribution in [0.15, 0.2) is 47.4 Å². The first-order valence-corrected chi connectivity index (χ1v) is 10.3. The summed E-state index contributed by atoms with van der Waals surface area (Å²) in [6.45, 7) is 4.64. The topological polar surface area (TPSA) is 75.3 Å². The van der Waals surface area contributed by atoms with Crippen LogP contribution in [0.1, 0.15) is 30.6 Å². The van der Waals surface area contributed by atoms with E-state index < -0.39 is 10.0 Å². The largest absolute Gasteiger partial charge is 0.352 e. The van der Waals surface area contributed by atoms with E-state index in [-0.39, 0.29) is 27.1 Å². The van der Waals surface area contributed by atoms with Gasteiger partial charge in [-0.25, -0.2) is 8.42 Å². The Morgan fingerprint density at radius 3 is 2.35 bits per heavy atom. The number of sulfonamides is 1. The second-order valence-electron chi connectivity index (χ2n) is 6.19. The molecule has 0 fully saturated rings. The lowest BCUT2D eigenvalue weighted by Crippen LogP contribution is -2.25.